The van der Waals surface area contributed by atoms with Gasteiger partial charge in [-0.05, 0) is 79.3 Å². The lowest BCUT2D eigenvalue weighted by molar-refractivity contribution is -0.163. The summed E-state index contributed by atoms with van der Waals surface area (Å²) in [5, 5.41) is 15.3. The van der Waals surface area contributed by atoms with Crippen LogP contribution >= 0.6 is 0 Å². The van der Waals surface area contributed by atoms with Crippen molar-refractivity contribution in [2.75, 3.05) is 55.6 Å². The summed E-state index contributed by atoms with van der Waals surface area (Å²) in [4.78, 5) is 67.6. The lowest BCUT2D eigenvalue weighted by Gasteiger charge is -2.63. The molecule has 2 N–H and O–H groups in total. The predicted molar refractivity (Wildman–Crippen MR) is 229 cm³/mol. The van der Waals surface area contributed by atoms with Gasteiger partial charge in [-0.2, -0.15) is 0 Å². The van der Waals surface area contributed by atoms with E-state index in [1.54, 1.807) is 23.2 Å². The molecule has 2 aromatic carbocycles. The molecule has 0 unspecified atom stereocenters. The molecule has 15 nitrogen and oxygen atoms in total. The number of carbonyl (C=O) groups excluding carboxylic acids is 4. The van der Waals surface area contributed by atoms with Gasteiger partial charge in [0, 0.05) is 98.5 Å². The largest absolute Gasteiger partial charge is 0.489 e. The average molecular weight is 825 g/mol. The molecule has 0 bridgehead atoms. The first-order chi connectivity index (χ1) is 29.3. The molecule has 316 valence electrons. The van der Waals surface area contributed by atoms with Gasteiger partial charge in [-0.15, -0.1) is 10.2 Å². The predicted octanol–water partition coefficient (Wildman–Crippen LogP) is 4.99. The molecule has 2 aromatic heterocycles. The SMILES string of the molecule is [C-]#[N+]c1ccc(OC2C(C)(C)C(NC(=O)c3ccc(N4CCC(CN5CCN(c6ccc7c(c6)CN([C@H]6CCC(=O)NC6=O)C7=O)CC5)CC4)nn3)C2(C)C)c2cccnc12. The molecule has 4 fully saturated rings. The molecule has 6 heterocycles. The normalized spacial score (nSPS) is 23.9. The first kappa shape index (κ1) is 40.3. The van der Waals surface area contributed by atoms with Crippen molar-refractivity contribution in [2.24, 2.45) is 16.7 Å². The lowest BCUT2D eigenvalue weighted by atomic mass is 9.49. The van der Waals surface area contributed by atoms with Crippen LogP contribution in [0, 0.1) is 23.3 Å². The van der Waals surface area contributed by atoms with Crippen molar-refractivity contribution in [3.05, 3.63) is 89.0 Å². The van der Waals surface area contributed by atoms with Crippen LogP contribution in [0.1, 0.15) is 79.8 Å². The Balaban J connectivity index is 0.733. The zero-order valence-corrected chi connectivity index (χ0v) is 35.2. The molecule has 4 aliphatic heterocycles. The molecule has 5 aliphatic rings. The second kappa shape index (κ2) is 15.7. The minimum absolute atomic E-state index is 0.145. The minimum Gasteiger partial charge on any atom is -0.489 e. The number of nitrogens with one attached hydrogen (secondary N) is 2. The van der Waals surface area contributed by atoms with Crippen molar-refractivity contribution < 1.29 is 23.9 Å². The molecule has 61 heavy (non-hydrogen) atoms. The number of hydrogen-bond acceptors (Lipinski definition) is 11. The van der Waals surface area contributed by atoms with Crippen LogP contribution in [-0.4, -0.2) is 113 Å². The van der Waals surface area contributed by atoms with Crippen LogP contribution in [-0.2, 0) is 16.1 Å². The Morgan fingerprint density at radius 2 is 1.69 bits per heavy atom. The van der Waals surface area contributed by atoms with Gasteiger partial charge < -0.3 is 24.8 Å². The number of piperidine rings is 2. The average Bonchev–Trinajstić information content (AvgIpc) is 3.59. The maximum atomic E-state index is 13.5. The highest BCUT2D eigenvalue weighted by Crippen LogP contribution is 2.56. The van der Waals surface area contributed by atoms with E-state index in [1.165, 1.54) is 0 Å². The number of nitrogens with zero attached hydrogens (tertiary/aromatic N) is 8. The van der Waals surface area contributed by atoms with Crippen LogP contribution in [0.15, 0.2) is 60.8 Å². The van der Waals surface area contributed by atoms with Gasteiger partial charge in [0.1, 0.15) is 17.9 Å². The van der Waals surface area contributed by atoms with Crippen molar-refractivity contribution in [3.63, 3.8) is 0 Å². The highest BCUT2D eigenvalue weighted by atomic mass is 16.5. The number of amides is 4. The monoisotopic (exact) mass is 824 g/mol. The quantitative estimate of drug-likeness (QED) is 0.173. The number of imide groups is 1. The third-order valence-corrected chi connectivity index (χ3v) is 13.8. The van der Waals surface area contributed by atoms with Gasteiger partial charge in [0.05, 0.1) is 12.1 Å². The Labute approximate surface area is 355 Å². The van der Waals surface area contributed by atoms with Gasteiger partial charge in [0.25, 0.3) is 11.8 Å². The van der Waals surface area contributed by atoms with Gasteiger partial charge >= 0.3 is 0 Å². The smallest absolute Gasteiger partial charge is 0.272 e. The molecule has 4 aromatic rings. The molecule has 1 aliphatic carbocycles. The summed E-state index contributed by atoms with van der Waals surface area (Å²) in [6.07, 6.45) is 4.18. The fourth-order valence-corrected chi connectivity index (χ4v) is 10.7. The fourth-order valence-electron chi connectivity index (χ4n) is 10.7. The zero-order valence-electron chi connectivity index (χ0n) is 35.2. The minimum atomic E-state index is -0.609. The van der Waals surface area contributed by atoms with Gasteiger partial charge in [0.15, 0.2) is 11.5 Å². The van der Waals surface area contributed by atoms with Crippen LogP contribution in [0.2, 0.25) is 0 Å². The molecule has 1 atom stereocenters. The van der Waals surface area contributed by atoms with Crippen molar-refractivity contribution >= 4 is 51.7 Å². The summed E-state index contributed by atoms with van der Waals surface area (Å²) in [6, 6.07) is 16.2. The van der Waals surface area contributed by atoms with E-state index in [4.69, 9.17) is 11.3 Å². The number of ether oxygens (including phenoxy) is 1. The molecular formula is C46H52N10O5. The third kappa shape index (κ3) is 7.41. The highest BCUT2D eigenvalue weighted by Gasteiger charge is 2.64. The van der Waals surface area contributed by atoms with Crippen molar-refractivity contribution in [2.45, 2.75) is 78.1 Å². The van der Waals surface area contributed by atoms with Crippen LogP contribution in [0.5, 0.6) is 5.75 Å². The van der Waals surface area contributed by atoms with Crippen molar-refractivity contribution in [1.82, 2.24) is 35.6 Å². The molecule has 0 radical (unpaired) electrons. The second-order valence-corrected chi connectivity index (χ2v) is 18.4. The van der Waals surface area contributed by atoms with Gasteiger partial charge in [-0.1, -0.05) is 33.8 Å². The molecule has 1 saturated carbocycles. The Kier molecular flexibility index (Phi) is 10.4. The number of fused-ring (bicyclic) bond motifs is 2. The van der Waals surface area contributed by atoms with E-state index >= 15 is 0 Å². The Bertz CT molecular complexity index is 2420. The second-order valence-electron chi connectivity index (χ2n) is 18.4. The number of benzene rings is 2. The molecule has 15 heteroatoms. The van der Waals surface area contributed by atoms with Crippen LogP contribution < -0.4 is 25.2 Å². The molecule has 0 spiro atoms. The van der Waals surface area contributed by atoms with E-state index in [0.29, 0.717) is 41.4 Å². The summed E-state index contributed by atoms with van der Waals surface area (Å²) in [7, 11) is 0. The number of hydrogen-bond donors (Lipinski definition) is 2. The maximum Gasteiger partial charge on any atom is 0.272 e. The van der Waals surface area contributed by atoms with Crippen LogP contribution in [0.4, 0.5) is 17.2 Å². The molecule has 9 rings (SSSR count). The van der Waals surface area contributed by atoms with E-state index in [0.717, 1.165) is 81.1 Å². The molecule has 4 amide bonds. The number of rotatable bonds is 9. The van der Waals surface area contributed by atoms with E-state index in [1.807, 2.05) is 36.4 Å². The Hall–Kier alpha value is -6.14. The zero-order chi connectivity index (χ0) is 42.6. The van der Waals surface area contributed by atoms with Gasteiger partial charge in [-0.3, -0.25) is 34.4 Å². The van der Waals surface area contributed by atoms with Crippen LogP contribution in [0.25, 0.3) is 15.7 Å². The first-order valence-corrected chi connectivity index (χ1v) is 21.4. The number of aromatic nitrogens is 3. The van der Waals surface area contributed by atoms with E-state index in [-0.39, 0.29) is 47.9 Å². The summed E-state index contributed by atoms with van der Waals surface area (Å²) in [5.41, 5.74) is 3.25. The number of anilines is 2. The summed E-state index contributed by atoms with van der Waals surface area (Å²) >= 11 is 0. The molecule has 3 saturated heterocycles. The summed E-state index contributed by atoms with van der Waals surface area (Å²) in [5.74, 6) is 0.957. The van der Waals surface area contributed by atoms with E-state index in [9.17, 15) is 19.2 Å². The summed E-state index contributed by atoms with van der Waals surface area (Å²) < 4.78 is 6.64. The van der Waals surface area contributed by atoms with Gasteiger partial charge in [-0.25, -0.2) is 4.85 Å². The fraction of sp³-hybridized carbons (Fsp3) is 0.478. The number of carbonyl (C=O) groups is 4. The van der Waals surface area contributed by atoms with E-state index in [2.05, 4.69) is 79.1 Å². The standard InChI is InChI=1S/C46H52N10O5/c1-45(2)43(46(3,4)44(45)61-36-13-10-33(47-5)39-32(36)7-6-18-48-39)50-40(58)34-11-14-37(52-51-34)55-19-16-28(17-20-55)26-53-21-23-54(24-22-53)30-8-9-31-29(25-30)27-56(42(31)60)35-12-15-38(57)49-41(35)59/h6-11,13-14,18,25,28,35,43-44H,12,15-17,19-24,26-27H2,1-4H3,(H,50,58)(H,49,57,59)/t35-,43?,44?/m0/s1. The maximum absolute atomic E-state index is 13.5. The first-order valence-electron chi connectivity index (χ1n) is 21.4. The van der Waals surface area contributed by atoms with Gasteiger partial charge in [0.2, 0.25) is 17.5 Å². The Morgan fingerprint density at radius 3 is 2.39 bits per heavy atom. The number of pyridine rings is 1. The third-order valence-electron chi connectivity index (χ3n) is 13.8. The lowest BCUT2D eigenvalue weighted by Crippen LogP contribution is -2.74. The Morgan fingerprint density at radius 1 is 0.918 bits per heavy atom. The number of piperazine rings is 1. The highest BCUT2D eigenvalue weighted by molar-refractivity contribution is 6.05. The topological polar surface area (TPSA) is 158 Å². The van der Waals surface area contributed by atoms with Crippen molar-refractivity contribution in [1.29, 1.82) is 0 Å². The van der Waals surface area contributed by atoms with Crippen LogP contribution in [0.3, 0.4) is 0 Å². The molecular weight excluding hydrogens is 773 g/mol. The summed E-state index contributed by atoms with van der Waals surface area (Å²) in [6.45, 7) is 22.8. The van der Waals surface area contributed by atoms with E-state index < -0.39 is 16.9 Å². The van der Waals surface area contributed by atoms with Crippen molar-refractivity contribution in [3.8, 4) is 5.75 Å².